The third kappa shape index (κ3) is 3.79. The zero-order valence-electron chi connectivity index (χ0n) is 21.9. The summed E-state index contributed by atoms with van der Waals surface area (Å²) in [5.74, 6) is 1.51. The highest BCUT2D eigenvalue weighted by atomic mass is 31.2. The summed E-state index contributed by atoms with van der Waals surface area (Å²) in [6.45, 7) is 6.16. The highest BCUT2D eigenvalue weighted by molar-refractivity contribution is 7.55. The Kier molecular flexibility index (Phi) is 6.87. The normalized spacial score (nSPS) is 34.1. The van der Waals surface area contributed by atoms with Gasteiger partial charge >= 0.3 is 7.60 Å². The summed E-state index contributed by atoms with van der Waals surface area (Å²) in [7, 11) is -2.12. The highest BCUT2D eigenvalue weighted by Gasteiger charge is 2.70. The first-order valence-corrected chi connectivity index (χ1v) is 15.0. The van der Waals surface area contributed by atoms with Gasteiger partial charge in [-0.1, -0.05) is 24.6 Å². The largest absolute Gasteiger partial charge is 0.497 e. The number of carbonyl (C=O) groups excluding carboxylic acids is 1. The molecule has 0 heterocycles. The Morgan fingerprint density at radius 3 is 2.39 bits per heavy atom. The number of hydrogen-bond acceptors (Lipinski definition) is 6. The first-order valence-electron chi connectivity index (χ1n) is 13.4. The number of hydrogen-bond donors (Lipinski definition) is 1. The first-order chi connectivity index (χ1) is 17.2. The van der Waals surface area contributed by atoms with E-state index >= 15 is 0 Å². The van der Waals surface area contributed by atoms with Crippen LogP contribution in [0.2, 0.25) is 0 Å². The van der Waals surface area contributed by atoms with Gasteiger partial charge in [0.1, 0.15) is 5.75 Å². The van der Waals surface area contributed by atoms with Gasteiger partial charge in [-0.05, 0) is 99.1 Å². The van der Waals surface area contributed by atoms with Crippen LogP contribution in [0, 0.1) is 17.3 Å². The number of aliphatic hydroxyl groups is 1. The number of rotatable bonds is 7. The summed E-state index contributed by atoms with van der Waals surface area (Å²) in [6.07, 6.45) is 6.87. The van der Waals surface area contributed by atoms with Crippen LogP contribution in [0.3, 0.4) is 0 Å². The predicted octanol–water partition coefficient (Wildman–Crippen LogP) is 6.55. The lowest BCUT2D eigenvalue weighted by Gasteiger charge is -2.55. The van der Waals surface area contributed by atoms with Gasteiger partial charge in [0.25, 0.3) is 0 Å². The lowest BCUT2D eigenvalue weighted by Crippen LogP contribution is -2.51. The van der Waals surface area contributed by atoms with Gasteiger partial charge in [0.2, 0.25) is 0 Å². The molecule has 4 aliphatic rings. The Hall–Kier alpha value is -1.72. The average Bonchev–Trinajstić information content (AvgIpc) is 3.15. The molecule has 196 valence electrons. The third-order valence-corrected chi connectivity index (χ3v) is 12.2. The zero-order valence-corrected chi connectivity index (χ0v) is 22.8. The van der Waals surface area contributed by atoms with E-state index in [0.29, 0.717) is 19.3 Å². The molecule has 6 nitrogen and oxygen atoms in total. The van der Waals surface area contributed by atoms with Crippen LogP contribution in [0.15, 0.2) is 47.1 Å². The fraction of sp³-hybridized carbons (Fsp3) is 0.621. The van der Waals surface area contributed by atoms with E-state index in [1.165, 1.54) is 16.7 Å². The van der Waals surface area contributed by atoms with Gasteiger partial charge in [-0.25, -0.2) is 0 Å². The fourth-order valence-corrected chi connectivity index (χ4v) is 10.3. The number of ketones is 1. The van der Waals surface area contributed by atoms with Gasteiger partial charge in [-0.3, -0.25) is 9.36 Å². The van der Waals surface area contributed by atoms with Crippen LogP contribution in [-0.2, 0) is 18.4 Å². The van der Waals surface area contributed by atoms with Crippen LogP contribution in [0.25, 0.3) is 0 Å². The summed E-state index contributed by atoms with van der Waals surface area (Å²) < 4.78 is 31.2. The summed E-state index contributed by atoms with van der Waals surface area (Å²) >= 11 is 0. The zero-order chi connectivity index (χ0) is 25.7. The van der Waals surface area contributed by atoms with E-state index < -0.39 is 18.4 Å². The second kappa shape index (κ2) is 9.54. The standard InChI is InChI=1S/C29H39O6P/c1-5-34-36(32,35-6-2)29(31)16-15-26-24-13-9-20-17-21(30)10-14-23(20)27(24)25(18-28(26,29)3)19-7-11-22(33-4)12-8-19/h7-8,11-12,17,24-26,31H,5-6,9-10,13-16,18H2,1-4H3/t24-,25+,26-,28-,29+/m0/s1. The number of carbonyl (C=O) groups is 1. The quantitative estimate of drug-likeness (QED) is 0.416. The second-order valence-electron chi connectivity index (χ2n) is 11.0. The summed E-state index contributed by atoms with van der Waals surface area (Å²) in [6, 6.07) is 8.20. The Labute approximate surface area is 214 Å². The molecule has 0 amide bonds. The third-order valence-electron chi connectivity index (χ3n) is 9.41. The van der Waals surface area contributed by atoms with Crippen molar-refractivity contribution in [1.82, 2.24) is 0 Å². The van der Waals surface area contributed by atoms with Crippen LogP contribution < -0.4 is 4.74 Å². The van der Waals surface area contributed by atoms with Crippen LogP contribution in [0.1, 0.15) is 77.2 Å². The van der Waals surface area contributed by atoms with Crippen molar-refractivity contribution in [3.63, 3.8) is 0 Å². The molecular weight excluding hydrogens is 475 g/mol. The van der Waals surface area contributed by atoms with Gasteiger partial charge in [-0.15, -0.1) is 0 Å². The molecular formula is C29H39O6P. The van der Waals surface area contributed by atoms with E-state index in [0.717, 1.165) is 37.0 Å². The van der Waals surface area contributed by atoms with E-state index in [1.54, 1.807) is 21.0 Å². The van der Waals surface area contributed by atoms with Crippen molar-refractivity contribution in [3.8, 4) is 5.75 Å². The predicted molar refractivity (Wildman–Crippen MR) is 139 cm³/mol. The molecule has 0 unspecified atom stereocenters. The lowest BCUT2D eigenvalue weighted by molar-refractivity contribution is -0.114. The van der Waals surface area contributed by atoms with Crippen molar-refractivity contribution in [2.24, 2.45) is 17.3 Å². The Bertz CT molecular complexity index is 1130. The molecule has 0 radical (unpaired) electrons. The van der Waals surface area contributed by atoms with Gasteiger partial charge < -0.3 is 18.9 Å². The Morgan fingerprint density at radius 1 is 1.06 bits per heavy atom. The lowest BCUT2D eigenvalue weighted by atomic mass is 9.53. The maximum atomic E-state index is 14.2. The minimum Gasteiger partial charge on any atom is -0.497 e. The van der Waals surface area contributed by atoms with Gasteiger partial charge in [0.05, 0.1) is 20.3 Å². The molecule has 36 heavy (non-hydrogen) atoms. The van der Waals surface area contributed by atoms with Crippen molar-refractivity contribution in [2.75, 3.05) is 20.3 Å². The summed E-state index contributed by atoms with van der Waals surface area (Å²) in [4.78, 5) is 12.2. The Balaban J connectivity index is 1.67. The highest BCUT2D eigenvalue weighted by Crippen LogP contribution is 2.77. The second-order valence-corrected chi connectivity index (χ2v) is 13.2. The molecule has 5 rings (SSSR count). The van der Waals surface area contributed by atoms with Crippen molar-refractivity contribution in [3.05, 3.63) is 52.6 Å². The number of allylic oxidation sites excluding steroid dienone is 4. The first kappa shape index (κ1) is 25.9. The molecule has 0 aromatic heterocycles. The van der Waals surface area contributed by atoms with E-state index in [1.807, 2.05) is 18.2 Å². The maximum absolute atomic E-state index is 14.2. The van der Waals surface area contributed by atoms with E-state index in [4.69, 9.17) is 13.8 Å². The van der Waals surface area contributed by atoms with Crippen LogP contribution in [-0.4, -0.2) is 36.6 Å². The molecule has 0 spiro atoms. The number of fused-ring (bicyclic) bond motifs is 4. The number of ether oxygens (including phenoxy) is 1. The average molecular weight is 515 g/mol. The maximum Gasteiger partial charge on any atom is 0.362 e. The molecule has 7 heteroatoms. The molecule has 1 aromatic rings. The molecule has 5 atom stereocenters. The minimum absolute atomic E-state index is 0.0513. The van der Waals surface area contributed by atoms with Crippen LogP contribution >= 0.6 is 7.60 Å². The van der Waals surface area contributed by atoms with Gasteiger partial charge in [0.15, 0.2) is 11.1 Å². The minimum atomic E-state index is -3.79. The SMILES string of the molecule is CCOP(=O)(OCC)[C@]1(O)CC[C@H]2[C@@H]3CCC4=CC(=O)CCC4=C3[C@@H](c3ccc(OC)cc3)C[C@@]21C. The monoisotopic (exact) mass is 514 g/mol. The molecule has 0 aliphatic heterocycles. The van der Waals surface area contributed by atoms with Crippen molar-refractivity contribution < 1.29 is 28.3 Å². The number of methoxy groups -OCH3 is 1. The van der Waals surface area contributed by atoms with E-state index in [-0.39, 0.29) is 36.8 Å². The van der Waals surface area contributed by atoms with Crippen LogP contribution in [0.4, 0.5) is 0 Å². The van der Waals surface area contributed by atoms with E-state index in [9.17, 15) is 14.5 Å². The Morgan fingerprint density at radius 2 is 1.75 bits per heavy atom. The number of benzene rings is 1. The molecule has 1 aromatic carbocycles. The summed E-state index contributed by atoms with van der Waals surface area (Å²) in [5, 5.41) is 10.8. The fourth-order valence-electron chi connectivity index (χ4n) is 7.82. The molecule has 0 bridgehead atoms. The van der Waals surface area contributed by atoms with Gasteiger partial charge in [0, 0.05) is 17.8 Å². The van der Waals surface area contributed by atoms with Crippen molar-refractivity contribution in [1.29, 1.82) is 0 Å². The summed E-state index contributed by atoms with van der Waals surface area (Å²) in [5.41, 5.74) is 4.50. The molecule has 2 fully saturated rings. The molecule has 1 N–H and O–H groups in total. The van der Waals surface area contributed by atoms with Crippen molar-refractivity contribution >= 4 is 13.4 Å². The van der Waals surface area contributed by atoms with Crippen LogP contribution in [0.5, 0.6) is 5.75 Å². The molecule has 0 saturated heterocycles. The van der Waals surface area contributed by atoms with E-state index in [2.05, 4.69) is 19.1 Å². The molecule has 2 saturated carbocycles. The molecule has 4 aliphatic carbocycles. The smallest absolute Gasteiger partial charge is 0.362 e. The van der Waals surface area contributed by atoms with Crippen molar-refractivity contribution in [2.45, 2.75) is 77.0 Å². The van der Waals surface area contributed by atoms with Gasteiger partial charge in [-0.2, -0.15) is 0 Å². The topological polar surface area (TPSA) is 82.1 Å².